The highest BCUT2D eigenvalue weighted by atomic mass is 32.2. The van der Waals surface area contributed by atoms with Crippen LogP contribution in [0.2, 0.25) is 0 Å². The van der Waals surface area contributed by atoms with Crippen molar-refractivity contribution in [1.29, 1.82) is 0 Å². The molecule has 0 unspecified atom stereocenters. The SMILES string of the molecule is Cc1ccc(N(C)S(=O)(=O)c2c[nH]c(-c3nnc(C4CC4)o3)c2)cc1. The van der Waals surface area contributed by atoms with E-state index in [9.17, 15) is 8.42 Å². The van der Waals surface area contributed by atoms with Gasteiger partial charge in [-0.2, -0.15) is 0 Å². The molecule has 25 heavy (non-hydrogen) atoms. The van der Waals surface area contributed by atoms with Gasteiger partial charge in [-0.25, -0.2) is 8.42 Å². The average molecular weight is 358 g/mol. The molecule has 0 atom stereocenters. The van der Waals surface area contributed by atoms with Gasteiger partial charge < -0.3 is 9.40 Å². The topological polar surface area (TPSA) is 92.1 Å². The van der Waals surface area contributed by atoms with Crippen LogP contribution in [0.3, 0.4) is 0 Å². The number of rotatable bonds is 5. The second kappa shape index (κ2) is 5.73. The predicted molar refractivity (Wildman–Crippen MR) is 92.8 cm³/mol. The number of nitrogens with one attached hydrogen (secondary N) is 1. The summed E-state index contributed by atoms with van der Waals surface area (Å²) in [6.45, 7) is 1.96. The zero-order chi connectivity index (χ0) is 17.6. The molecule has 2 heterocycles. The van der Waals surface area contributed by atoms with E-state index in [1.54, 1.807) is 12.1 Å². The van der Waals surface area contributed by atoms with Crippen LogP contribution in [-0.2, 0) is 10.0 Å². The summed E-state index contributed by atoms with van der Waals surface area (Å²) in [5.74, 6) is 1.28. The van der Waals surface area contributed by atoms with E-state index in [4.69, 9.17) is 4.42 Å². The zero-order valence-corrected chi connectivity index (χ0v) is 14.7. The van der Waals surface area contributed by atoms with Gasteiger partial charge >= 0.3 is 0 Å². The van der Waals surface area contributed by atoms with E-state index in [1.165, 1.54) is 23.6 Å². The molecule has 130 valence electrons. The Bertz CT molecular complexity index is 1000. The molecule has 1 saturated carbocycles. The zero-order valence-electron chi connectivity index (χ0n) is 13.9. The normalized spacial score (nSPS) is 14.6. The van der Waals surface area contributed by atoms with Crippen LogP contribution >= 0.6 is 0 Å². The third kappa shape index (κ3) is 2.93. The first-order valence-corrected chi connectivity index (χ1v) is 9.47. The van der Waals surface area contributed by atoms with Crippen LogP contribution in [-0.4, -0.2) is 30.6 Å². The molecule has 1 aliphatic rings. The lowest BCUT2D eigenvalue weighted by atomic mass is 10.2. The maximum absolute atomic E-state index is 12.8. The van der Waals surface area contributed by atoms with Crippen molar-refractivity contribution in [2.24, 2.45) is 0 Å². The summed E-state index contributed by atoms with van der Waals surface area (Å²) in [6, 6.07) is 8.83. The molecule has 8 heteroatoms. The van der Waals surface area contributed by atoms with Crippen molar-refractivity contribution in [2.75, 3.05) is 11.4 Å². The molecule has 4 rings (SSSR count). The van der Waals surface area contributed by atoms with E-state index in [-0.39, 0.29) is 4.90 Å². The summed E-state index contributed by atoms with van der Waals surface area (Å²) in [5, 5.41) is 8.02. The fourth-order valence-electron chi connectivity index (χ4n) is 2.54. The molecule has 1 N–H and O–H groups in total. The fraction of sp³-hybridized carbons (Fsp3) is 0.294. The van der Waals surface area contributed by atoms with Crippen LogP contribution in [0.15, 0.2) is 45.8 Å². The number of anilines is 1. The third-order valence-corrected chi connectivity index (χ3v) is 6.07. The Labute approximate surface area is 145 Å². The van der Waals surface area contributed by atoms with Crippen molar-refractivity contribution < 1.29 is 12.8 Å². The summed E-state index contributed by atoms with van der Waals surface area (Å²) in [7, 11) is -2.14. The number of hydrogen-bond donors (Lipinski definition) is 1. The number of nitrogens with zero attached hydrogens (tertiary/aromatic N) is 3. The van der Waals surface area contributed by atoms with Gasteiger partial charge in [-0.3, -0.25) is 4.31 Å². The van der Waals surface area contributed by atoms with Crippen LogP contribution in [0.4, 0.5) is 5.69 Å². The van der Waals surface area contributed by atoms with E-state index in [1.807, 2.05) is 19.1 Å². The van der Waals surface area contributed by atoms with E-state index in [2.05, 4.69) is 15.2 Å². The molecule has 1 fully saturated rings. The first-order chi connectivity index (χ1) is 11.9. The van der Waals surface area contributed by atoms with Crippen LogP contribution in [0, 0.1) is 6.92 Å². The third-order valence-electron chi connectivity index (χ3n) is 4.31. The summed E-state index contributed by atoms with van der Waals surface area (Å²) in [6.07, 6.45) is 3.57. The molecule has 0 aliphatic heterocycles. The van der Waals surface area contributed by atoms with Crippen LogP contribution in [0.25, 0.3) is 11.6 Å². The van der Waals surface area contributed by atoms with Crippen molar-refractivity contribution in [3.05, 3.63) is 48.0 Å². The first-order valence-electron chi connectivity index (χ1n) is 8.03. The molecule has 2 aromatic heterocycles. The van der Waals surface area contributed by atoms with Gasteiger partial charge in [0.2, 0.25) is 5.89 Å². The van der Waals surface area contributed by atoms with Gasteiger partial charge in [0, 0.05) is 19.2 Å². The van der Waals surface area contributed by atoms with Crippen molar-refractivity contribution in [2.45, 2.75) is 30.6 Å². The van der Waals surface area contributed by atoms with Gasteiger partial charge in [0.15, 0.2) is 0 Å². The highest BCUT2D eigenvalue weighted by molar-refractivity contribution is 7.92. The number of benzene rings is 1. The fourth-order valence-corrected chi connectivity index (χ4v) is 3.73. The Morgan fingerprint density at radius 3 is 2.60 bits per heavy atom. The Hall–Kier alpha value is -2.61. The van der Waals surface area contributed by atoms with Gasteiger partial charge in [-0.05, 0) is 38.0 Å². The Morgan fingerprint density at radius 1 is 1.20 bits per heavy atom. The van der Waals surface area contributed by atoms with Crippen LogP contribution in [0.1, 0.15) is 30.2 Å². The molecule has 0 saturated heterocycles. The first kappa shape index (κ1) is 15.9. The smallest absolute Gasteiger partial charge is 0.265 e. The maximum Gasteiger partial charge on any atom is 0.265 e. The molecule has 0 amide bonds. The quantitative estimate of drug-likeness (QED) is 0.757. The van der Waals surface area contributed by atoms with Gasteiger partial charge in [-0.15, -0.1) is 10.2 Å². The number of aryl methyl sites for hydroxylation is 1. The lowest BCUT2D eigenvalue weighted by Crippen LogP contribution is -2.26. The highest BCUT2D eigenvalue weighted by Gasteiger charge is 2.30. The average Bonchev–Trinajstić information content (AvgIpc) is 3.12. The largest absolute Gasteiger partial charge is 0.419 e. The highest BCUT2D eigenvalue weighted by Crippen LogP contribution is 2.40. The number of H-pyrrole nitrogens is 1. The van der Waals surface area contributed by atoms with E-state index >= 15 is 0 Å². The van der Waals surface area contributed by atoms with Crippen LogP contribution in [0.5, 0.6) is 0 Å². The molecule has 7 nitrogen and oxygen atoms in total. The van der Waals surface area contributed by atoms with Crippen molar-refractivity contribution in [3.63, 3.8) is 0 Å². The Kier molecular flexibility index (Phi) is 3.64. The molecular weight excluding hydrogens is 340 g/mol. The summed E-state index contributed by atoms with van der Waals surface area (Å²) < 4.78 is 32.5. The minimum atomic E-state index is -3.68. The van der Waals surface area contributed by atoms with E-state index < -0.39 is 10.0 Å². The summed E-state index contributed by atoms with van der Waals surface area (Å²) in [4.78, 5) is 3.06. The molecule has 3 aromatic rings. The molecule has 0 radical (unpaired) electrons. The van der Waals surface area contributed by atoms with Crippen molar-refractivity contribution in [1.82, 2.24) is 15.2 Å². The second-order valence-corrected chi connectivity index (χ2v) is 8.25. The van der Waals surface area contributed by atoms with E-state index in [0.29, 0.717) is 29.1 Å². The molecule has 1 aromatic carbocycles. The van der Waals surface area contributed by atoms with Crippen molar-refractivity contribution >= 4 is 15.7 Å². The molecule has 1 aliphatic carbocycles. The Balaban J connectivity index is 1.62. The van der Waals surface area contributed by atoms with Gasteiger partial charge in [0.1, 0.15) is 10.6 Å². The summed E-state index contributed by atoms with van der Waals surface area (Å²) >= 11 is 0. The number of aromatic nitrogens is 3. The standard InChI is InChI=1S/C17H18N4O3S/c1-11-3-7-13(8-4-11)21(2)25(22,23)14-9-15(18-10-14)17-20-19-16(24-17)12-5-6-12/h3-4,7-10,12,18H,5-6H2,1-2H3. The number of hydrogen-bond acceptors (Lipinski definition) is 5. The monoisotopic (exact) mass is 358 g/mol. The van der Waals surface area contributed by atoms with Gasteiger partial charge in [0.05, 0.1) is 5.69 Å². The second-order valence-electron chi connectivity index (χ2n) is 6.28. The van der Waals surface area contributed by atoms with Gasteiger partial charge in [0.25, 0.3) is 15.9 Å². The van der Waals surface area contributed by atoms with Gasteiger partial charge in [-0.1, -0.05) is 17.7 Å². The Morgan fingerprint density at radius 2 is 1.92 bits per heavy atom. The molecular formula is C17H18N4O3S. The lowest BCUT2D eigenvalue weighted by molar-refractivity contribution is 0.507. The van der Waals surface area contributed by atoms with Crippen LogP contribution < -0.4 is 4.31 Å². The number of aromatic amines is 1. The van der Waals surface area contributed by atoms with E-state index in [0.717, 1.165) is 18.4 Å². The minimum Gasteiger partial charge on any atom is -0.419 e. The molecule has 0 bridgehead atoms. The summed E-state index contributed by atoms with van der Waals surface area (Å²) in [5.41, 5.74) is 2.17. The minimum absolute atomic E-state index is 0.150. The van der Waals surface area contributed by atoms with Crippen molar-refractivity contribution in [3.8, 4) is 11.6 Å². The maximum atomic E-state index is 12.8. The number of sulfonamides is 1. The molecule has 0 spiro atoms. The predicted octanol–water partition coefficient (Wildman–Crippen LogP) is 3.08. The lowest BCUT2D eigenvalue weighted by Gasteiger charge is -2.18.